The Bertz CT molecular complexity index is 231. The van der Waals surface area contributed by atoms with E-state index in [0.29, 0.717) is 12.1 Å². The monoisotopic (exact) mass is 171 g/mol. The SMILES string of the molecule is Nc1ccc(CCC(F)F)cc1. The minimum Gasteiger partial charge on any atom is -0.399 e. The van der Waals surface area contributed by atoms with Gasteiger partial charge >= 0.3 is 0 Å². The van der Waals surface area contributed by atoms with Crippen LogP contribution in [0.2, 0.25) is 0 Å². The number of hydrogen-bond donors (Lipinski definition) is 1. The van der Waals surface area contributed by atoms with Crippen LogP contribution in [0.1, 0.15) is 12.0 Å². The lowest BCUT2D eigenvalue weighted by Gasteiger charge is -2.00. The van der Waals surface area contributed by atoms with Crippen LogP contribution in [0.15, 0.2) is 24.3 Å². The molecule has 12 heavy (non-hydrogen) atoms. The van der Waals surface area contributed by atoms with Crippen LogP contribution in [-0.4, -0.2) is 6.43 Å². The number of nitrogens with two attached hydrogens (primary N) is 1. The molecule has 0 aliphatic heterocycles. The van der Waals surface area contributed by atoms with E-state index >= 15 is 0 Å². The highest BCUT2D eigenvalue weighted by Crippen LogP contribution is 2.10. The van der Waals surface area contributed by atoms with Crippen LogP contribution in [0.25, 0.3) is 0 Å². The smallest absolute Gasteiger partial charge is 0.239 e. The molecule has 0 saturated carbocycles. The van der Waals surface area contributed by atoms with Gasteiger partial charge in [-0.05, 0) is 24.1 Å². The van der Waals surface area contributed by atoms with Gasteiger partial charge in [0.05, 0.1) is 0 Å². The largest absolute Gasteiger partial charge is 0.399 e. The van der Waals surface area contributed by atoms with E-state index in [2.05, 4.69) is 0 Å². The molecule has 1 aromatic carbocycles. The predicted molar refractivity (Wildman–Crippen MR) is 45.2 cm³/mol. The lowest BCUT2D eigenvalue weighted by Crippen LogP contribution is -1.94. The highest BCUT2D eigenvalue weighted by molar-refractivity contribution is 5.39. The molecule has 0 heterocycles. The zero-order valence-electron chi connectivity index (χ0n) is 6.63. The molecule has 0 atom stereocenters. The molecule has 0 fully saturated rings. The fourth-order valence-electron chi connectivity index (χ4n) is 0.960. The van der Waals surface area contributed by atoms with Gasteiger partial charge in [0.15, 0.2) is 0 Å². The van der Waals surface area contributed by atoms with Gasteiger partial charge in [-0.25, -0.2) is 8.78 Å². The van der Waals surface area contributed by atoms with Gasteiger partial charge in [-0.1, -0.05) is 12.1 Å². The summed E-state index contributed by atoms with van der Waals surface area (Å²) in [7, 11) is 0. The molecule has 0 aromatic heterocycles. The van der Waals surface area contributed by atoms with Gasteiger partial charge in [-0.2, -0.15) is 0 Å². The first-order valence-electron chi connectivity index (χ1n) is 3.81. The molecule has 0 amide bonds. The van der Waals surface area contributed by atoms with Gasteiger partial charge in [0.2, 0.25) is 6.43 Å². The third-order valence-corrected chi connectivity index (χ3v) is 1.63. The van der Waals surface area contributed by atoms with Crippen molar-refractivity contribution in [1.29, 1.82) is 0 Å². The van der Waals surface area contributed by atoms with Gasteiger partial charge < -0.3 is 5.73 Å². The van der Waals surface area contributed by atoms with Crippen LogP contribution in [0.4, 0.5) is 14.5 Å². The third kappa shape index (κ3) is 2.86. The van der Waals surface area contributed by atoms with E-state index in [4.69, 9.17) is 5.73 Å². The lowest BCUT2D eigenvalue weighted by atomic mass is 10.1. The van der Waals surface area contributed by atoms with Gasteiger partial charge in [0, 0.05) is 12.1 Å². The van der Waals surface area contributed by atoms with Crippen LogP contribution in [0.3, 0.4) is 0 Å². The first-order chi connectivity index (χ1) is 5.68. The van der Waals surface area contributed by atoms with Crippen molar-refractivity contribution < 1.29 is 8.78 Å². The maximum absolute atomic E-state index is 11.8. The minimum absolute atomic E-state index is 0.0794. The van der Waals surface area contributed by atoms with E-state index in [1.54, 1.807) is 24.3 Å². The van der Waals surface area contributed by atoms with Crippen LogP contribution in [0.5, 0.6) is 0 Å². The molecule has 0 saturated heterocycles. The van der Waals surface area contributed by atoms with Crippen LogP contribution < -0.4 is 5.73 Å². The maximum Gasteiger partial charge on any atom is 0.239 e. The fraction of sp³-hybridized carbons (Fsp3) is 0.333. The summed E-state index contributed by atoms with van der Waals surface area (Å²) in [4.78, 5) is 0. The standard InChI is InChI=1S/C9H11F2N/c10-9(11)6-3-7-1-4-8(12)5-2-7/h1-2,4-5,9H,3,6,12H2. The number of halogens is 2. The van der Waals surface area contributed by atoms with E-state index < -0.39 is 6.43 Å². The summed E-state index contributed by atoms with van der Waals surface area (Å²) >= 11 is 0. The first-order valence-corrected chi connectivity index (χ1v) is 3.81. The Kier molecular flexibility index (Phi) is 3.02. The van der Waals surface area contributed by atoms with Crippen molar-refractivity contribution in [3.05, 3.63) is 29.8 Å². The fourth-order valence-corrected chi connectivity index (χ4v) is 0.960. The molecule has 0 radical (unpaired) electrons. The third-order valence-electron chi connectivity index (χ3n) is 1.63. The van der Waals surface area contributed by atoms with Crippen molar-refractivity contribution in [2.24, 2.45) is 0 Å². The second kappa shape index (κ2) is 4.04. The highest BCUT2D eigenvalue weighted by atomic mass is 19.3. The Hall–Kier alpha value is -1.12. The minimum atomic E-state index is -2.22. The molecular weight excluding hydrogens is 160 g/mol. The maximum atomic E-state index is 11.8. The van der Waals surface area contributed by atoms with E-state index in [0.717, 1.165) is 5.56 Å². The number of alkyl halides is 2. The molecule has 0 aliphatic carbocycles. The Balaban J connectivity index is 2.48. The average Bonchev–Trinajstić information content (AvgIpc) is 2.03. The topological polar surface area (TPSA) is 26.0 Å². The Morgan fingerprint density at radius 2 is 1.75 bits per heavy atom. The van der Waals surface area contributed by atoms with Crippen molar-refractivity contribution in [2.45, 2.75) is 19.3 Å². The van der Waals surface area contributed by atoms with Crippen molar-refractivity contribution in [1.82, 2.24) is 0 Å². The summed E-state index contributed by atoms with van der Waals surface area (Å²) in [6.07, 6.45) is -1.88. The van der Waals surface area contributed by atoms with Gasteiger partial charge in [-0.15, -0.1) is 0 Å². The zero-order valence-corrected chi connectivity index (χ0v) is 6.63. The number of benzene rings is 1. The number of nitrogen functional groups attached to an aromatic ring is 1. The molecule has 66 valence electrons. The van der Waals surface area contributed by atoms with E-state index in [1.807, 2.05) is 0 Å². The summed E-state index contributed by atoms with van der Waals surface area (Å²) < 4.78 is 23.6. The molecule has 3 heteroatoms. The molecule has 1 nitrogen and oxygen atoms in total. The van der Waals surface area contributed by atoms with Gasteiger partial charge in [-0.3, -0.25) is 0 Å². The second-order valence-electron chi connectivity index (χ2n) is 2.67. The number of aryl methyl sites for hydroxylation is 1. The van der Waals surface area contributed by atoms with Crippen LogP contribution in [-0.2, 0) is 6.42 Å². The van der Waals surface area contributed by atoms with Crippen molar-refractivity contribution in [3.63, 3.8) is 0 Å². The Morgan fingerprint density at radius 3 is 2.25 bits per heavy atom. The molecule has 0 aliphatic rings. The van der Waals surface area contributed by atoms with Gasteiger partial charge in [0.25, 0.3) is 0 Å². The number of anilines is 1. The molecule has 0 bridgehead atoms. The van der Waals surface area contributed by atoms with Gasteiger partial charge in [0.1, 0.15) is 0 Å². The molecular formula is C9H11F2N. The molecule has 1 aromatic rings. The molecule has 1 rings (SSSR count). The van der Waals surface area contributed by atoms with Crippen LogP contribution >= 0.6 is 0 Å². The Morgan fingerprint density at radius 1 is 1.17 bits per heavy atom. The molecule has 2 N–H and O–H groups in total. The van der Waals surface area contributed by atoms with Crippen molar-refractivity contribution in [3.8, 4) is 0 Å². The van der Waals surface area contributed by atoms with E-state index in [9.17, 15) is 8.78 Å². The summed E-state index contributed by atoms with van der Waals surface area (Å²) in [5.41, 5.74) is 7.00. The second-order valence-corrected chi connectivity index (χ2v) is 2.67. The van der Waals surface area contributed by atoms with E-state index in [1.165, 1.54) is 0 Å². The molecule has 0 unspecified atom stereocenters. The first kappa shape index (κ1) is 8.97. The normalized spacial score (nSPS) is 10.6. The predicted octanol–water partition coefficient (Wildman–Crippen LogP) is 2.47. The summed E-state index contributed by atoms with van der Waals surface area (Å²) in [5.74, 6) is 0. The number of rotatable bonds is 3. The van der Waals surface area contributed by atoms with Crippen molar-refractivity contribution >= 4 is 5.69 Å². The lowest BCUT2D eigenvalue weighted by molar-refractivity contribution is 0.138. The summed E-state index contributed by atoms with van der Waals surface area (Å²) in [5, 5.41) is 0. The zero-order chi connectivity index (χ0) is 8.97. The number of hydrogen-bond acceptors (Lipinski definition) is 1. The summed E-state index contributed by atoms with van der Waals surface area (Å²) in [6, 6.07) is 7.00. The van der Waals surface area contributed by atoms with Crippen molar-refractivity contribution in [2.75, 3.05) is 5.73 Å². The average molecular weight is 171 g/mol. The quantitative estimate of drug-likeness (QED) is 0.694. The van der Waals surface area contributed by atoms with E-state index in [-0.39, 0.29) is 6.42 Å². The Labute approximate surface area is 70.2 Å². The molecule has 0 spiro atoms. The van der Waals surface area contributed by atoms with Crippen LogP contribution in [0, 0.1) is 0 Å². The highest BCUT2D eigenvalue weighted by Gasteiger charge is 2.02. The summed E-state index contributed by atoms with van der Waals surface area (Å²) in [6.45, 7) is 0.